The lowest BCUT2D eigenvalue weighted by Gasteiger charge is -2.08. The van der Waals surface area contributed by atoms with Crippen LogP contribution < -0.4 is 10.6 Å². The number of imidazole rings is 1. The van der Waals surface area contributed by atoms with Crippen LogP contribution >= 0.6 is 0 Å². The van der Waals surface area contributed by atoms with Crippen molar-refractivity contribution >= 4 is 17.7 Å². The van der Waals surface area contributed by atoms with Gasteiger partial charge in [-0.1, -0.05) is 24.0 Å². The van der Waals surface area contributed by atoms with Gasteiger partial charge < -0.3 is 19.9 Å². The number of hydrogen-bond donors (Lipinski definition) is 2. The first kappa shape index (κ1) is 19.7. The number of carbonyl (C=O) groups excluding carboxylic acids is 2. The molecule has 29 heavy (non-hydrogen) atoms. The molecule has 0 aliphatic rings. The zero-order valence-electron chi connectivity index (χ0n) is 15.9. The smallest absolute Gasteiger partial charge is 0.337 e. The average molecular weight is 388 g/mol. The molecule has 1 heterocycles. The molecule has 0 aliphatic carbocycles. The van der Waals surface area contributed by atoms with Crippen molar-refractivity contribution in [3.05, 3.63) is 83.9 Å². The minimum Gasteiger partial charge on any atom is -0.465 e. The zero-order valence-corrected chi connectivity index (χ0v) is 15.9. The van der Waals surface area contributed by atoms with Crippen LogP contribution in [0.2, 0.25) is 0 Å². The lowest BCUT2D eigenvalue weighted by Crippen LogP contribution is -2.31. The molecule has 2 amide bonds. The Morgan fingerprint density at radius 2 is 1.86 bits per heavy atom. The largest absolute Gasteiger partial charge is 0.465 e. The number of urea groups is 1. The molecule has 2 N–H and O–H groups in total. The number of aromatic nitrogens is 2. The molecule has 0 atom stereocenters. The molecule has 3 rings (SSSR count). The zero-order chi connectivity index (χ0) is 20.5. The maximum absolute atomic E-state index is 12.0. The van der Waals surface area contributed by atoms with Crippen molar-refractivity contribution in [3.63, 3.8) is 0 Å². The Morgan fingerprint density at radius 1 is 1.10 bits per heavy atom. The number of esters is 1. The van der Waals surface area contributed by atoms with Gasteiger partial charge in [0.15, 0.2) is 0 Å². The molecular formula is C22H20N4O3. The van der Waals surface area contributed by atoms with E-state index in [1.807, 2.05) is 29.0 Å². The van der Waals surface area contributed by atoms with E-state index in [0.717, 1.165) is 5.56 Å². The standard InChI is InChI=1S/C22H20N4O3/c1-29-21(27)19-6-2-4-17(14-19)8-9-18-5-3-7-20(15-18)25-22(28)24-11-13-26-12-10-23-16-26/h2-7,10,12,14-16H,11,13H2,1H3,(H2,24,25,28). The summed E-state index contributed by atoms with van der Waals surface area (Å²) in [4.78, 5) is 27.6. The quantitative estimate of drug-likeness (QED) is 0.520. The van der Waals surface area contributed by atoms with Crippen LogP contribution in [0.25, 0.3) is 0 Å². The highest BCUT2D eigenvalue weighted by atomic mass is 16.5. The van der Waals surface area contributed by atoms with Crippen molar-refractivity contribution in [1.29, 1.82) is 0 Å². The lowest BCUT2D eigenvalue weighted by molar-refractivity contribution is 0.0600. The third kappa shape index (κ3) is 5.97. The molecule has 0 saturated heterocycles. The molecule has 3 aromatic rings. The van der Waals surface area contributed by atoms with Crippen LogP contribution in [0, 0.1) is 11.8 Å². The van der Waals surface area contributed by atoms with Crippen molar-refractivity contribution in [2.75, 3.05) is 19.0 Å². The molecule has 146 valence electrons. The number of anilines is 1. The van der Waals surface area contributed by atoms with Gasteiger partial charge in [-0.05, 0) is 36.4 Å². The fourth-order valence-corrected chi connectivity index (χ4v) is 2.55. The Bertz CT molecular complexity index is 1050. The molecular weight excluding hydrogens is 368 g/mol. The van der Waals surface area contributed by atoms with Gasteiger partial charge in [0.1, 0.15) is 0 Å². The molecule has 0 aliphatic heterocycles. The maximum atomic E-state index is 12.0. The summed E-state index contributed by atoms with van der Waals surface area (Å²) in [6.45, 7) is 1.13. The fourth-order valence-electron chi connectivity index (χ4n) is 2.55. The second kappa shape index (κ2) is 9.76. The second-order valence-electron chi connectivity index (χ2n) is 6.08. The van der Waals surface area contributed by atoms with Gasteiger partial charge >= 0.3 is 12.0 Å². The van der Waals surface area contributed by atoms with Crippen LogP contribution in [0.3, 0.4) is 0 Å². The van der Waals surface area contributed by atoms with E-state index >= 15 is 0 Å². The van der Waals surface area contributed by atoms with Gasteiger partial charge in [0.25, 0.3) is 0 Å². The van der Waals surface area contributed by atoms with Crippen molar-refractivity contribution in [2.45, 2.75) is 6.54 Å². The molecule has 0 bridgehead atoms. The summed E-state index contributed by atoms with van der Waals surface area (Å²) in [5, 5.41) is 5.58. The first-order valence-corrected chi connectivity index (χ1v) is 8.95. The van der Waals surface area contributed by atoms with Crippen LogP contribution in [0.5, 0.6) is 0 Å². The highest BCUT2D eigenvalue weighted by molar-refractivity contribution is 5.90. The number of nitrogens with one attached hydrogen (secondary N) is 2. The minimum absolute atomic E-state index is 0.291. The first-order valence-electron chi connectivity index (χ1n) is 8.95. The van der Waals surface area contributed by atoms with Gasteiger partial charge in [0, 0.05) is 42.3 Å². The van der Waals surface area contributed by atoms with Crippen LogP contribution in [-0.4, -0.2) is 35.2 Å². The van der Waals surface area contributed by atoms with Gasteiger partial charge in [-0.2, -0.15) is 0 Å². The topological polar surface area (TPSA) is 85.2 Å². The van der Waals surface area contributed by atoms with Crippen molar-refractivity contribution < 1.29 is 14.3 Å². The Morgan fingerprint density at radius 3 is 2.59 bits per heavy atom. The van der Waals surface area contributed by atoms with Crippen LogP contribution in [0.4, 0.5) is 10.5 Å². The molecule has 0 radical (unpaired) electrons. The summed E-state index contributed by atoms with van der Waals surface area (Å²) in [5.74, 6) is 5.65. The van der Waals surface area contributed by atoms with Gasteiger partial charge in [-0.15, -0.1) is 0 Å². The van der Waals surface area contributed by atoms with E-state index in [9.17, 15) is 9.59 Å². The normalized spacial score (nSPS) is 9.83. The summed E-state index contributed by atoms with van der Waals surface area (Å²) >= 11 is 0. The van der Waals surface area contributed by atoms with Crippen molar-refractivity contribution in [1.82, 2.24) is 14.9 Å². The monoisotopic (exact) mass is 388 g/mol. The number of benzene rings is 2. The van der Waals surface area contributed by atoms with E-state index in [2.05, 4.69) is 27.5 Å². The molecule has 2 aromatic carbocycles. The van der Waals surface area contributed by atoms with Gasteiger partial charge in [-0.25, -0.2) is 14.6 Å². The number of nitrogens with zero attached hydrogens (tertiary/aromatic N) is 2. The molecule has 0 fully saturated rings. The SMILES string of the molecule is COC(=O)c1cccc(C#Cc2cccc(NC(=O)NCCn3ccnc3)c2)c1. The van der Waals surface area contributed by atoms with Crippen LogP contribution in [0.15, 0.2) is 67.3 Å². The molecule has 0 unspecified atom stereocenters. The van der Waals surface area contributed by atoms with Gasteiger partial charge in [-0.3, -0.25) is 0 Å². The number of rotatable bonds is 5. The number of methoxy groups -OCH3 is 1. The van der Waals surface area contributed by atoms with E-state index in [4.69, 9.17) is 4.74 Å². The fraction of sp³-hybridized carbons (Fsp3) is 0.136. The van der Waals surface area contributed by atoms with Gasteiger partial charge in [0.05, 0.1) is 19.0 Å². The van der Waals surface area contributed by atoms with E-state index in [1.165, 1.54) is 7.11 Å². The Balaban J connectivity index is 1.59. The minimum atomic E-state index is -0.404. The summed E-state index contributed by atoms with van der Waals surface area (Å²) in [5.41, 5.74) is 2.52. The Labute approximate surface area is 168 Å². The summed E-state index contributed by atoms with van der Waals surface area (Å²) < 4.78 is 6.60. The van der Waals surface area contributed by atoms with Crippen LogP contribution in [-0.2, 0) is 11.3 Å². The lowest BCUT2D eigenvalue weighted by atomic mass is 10.1. The summed E-state index contributed by atoms with van der Waals surface area (Å²) in [6, 6.07) is 13.9. The van der Waals surface area contributed by atoms with Crippen molar-refractivity contribution in [2.24, 2.45) is 0 Å². The van der Waals surface area contributed by atoms with Gasteiger partial charge in [0.2, 0.25) is 0 Å². The number of ether oxygens (including phenoxy) is 1. The Kier molecular flexibility index (Phi) is 6.63. The van der Waals surface area contributed by atoms with Crippen LogP contribution in [0.1, 0.15) is 21.5 Å². The van der Waals surface area contributed by atoms with Crippen molar-refractivity contribution in [3.8, 4) is 11.8 Å². The summed E-state index contributed by atoms with van der Waals surface area (Å²) in [6.07, 6.45) is 5.23. The number of amides is 2. The third-order valence-electron chi connectivity index (χ3n) is 3.97. The first-order chi connectivity index (χ1) is 14.1. The highest BCUT2D eigenvalue weighted by Gasteiger charge is 2.04. The summed E-state index contributed by atoms with van der Waals surface area (Å²) in [7, 11) is 1.34. The third-order valence-corrected chi connectivity index (χ3v) is 3.97. The maximum Gasteiger partial charge on any atom is 0.337 e. The van der Waals surface area contributed by atoms with E-state index in [0.29, 0.717) is 29.9 Å². The molecule has 0 spiro atoms. The van der Waals surface area contributed by atoms with E-state index < -0.39 is 5.97 Å². The molecule has 7 heteroatoms. The molecule has 7 nitrogen and oxygen atoms in total. The Hall–Kier alpha value is -4.05. The number of carbonyl (C=O) groups is 2. The van der Waals surface area contributed by atoms with E-state index in [-0.39, 0.29) is 6.03 Å². The predicted octanol–water partition coefficient (Wildman–Crippen LogP) is 2.89. The predicted molar refractivity (Wildman–Crippen MR) is 109 cm³/mol. The molecule has 1 aromatic heterocycles. The average Bonchev–Trinajstić information content (AvgIpc) is 3.25. The second-order valence-corrected chi connectivity index (χ2v) is 6.08. The highest BCUT2D eigenvalue weighted by Crippen LogP contribution is 2.10. The molecule has 0 saturated carbocycles. The number of hydrogen-bond acceptors (Lipinski definition) is 4. The van der Waals surface area contributed by atoms with E-state index in [1.54, 1.807) is 42.9 Å².